The third-order valence-electron chi connectivity index (χ3n) is 11.0. The van der Waals surface area contributed by atoms with Gasteiger partial charge in [0.25, 0.3) is 5.91 Å². The van der Waals surface area contributed by atoms with E-state index in [0.29, 0.717) is 24.0 Å². The Morgan fingerprint density at radius 2 is 1.30 bits per heavy atom. The first kappa shape index (κ1) is 59.5. The van der Waals surface area contributed by atoms with Crippen molar-refractivity contribution in [2.24, 2.45) is 17.1 Å². The van der Waals surface area contributed by atoms with Crippen LogP contribution >= 0.6 is 0 Å². The van der Waals surface area contributed by atoms with Gasteiger partial charge in [-0.05, 0) is 58.6 Å². The molecule has 0 aliphatic heterocycles. The van der Waals surface area contributed by atoms with E-state index in [9.17, 15) is 73.1 Å². The highest BCUT2D eigenvalue weighted by molar-refractivity contribution is 6.37. The highest BCUT2D eigenvalue weighted by Gasteiger charge is 2.39. The van der Waals surface area contributed by atoms with Crippen molar-refractivity contribution in [1.82, 2.24) is 41.5 Å². The van der Waals surface area contributed by atoms with E-state index in [1.165, 1.54) is 6.92 Å². The predicted octanol–water partition coefficient (Wildman–Crippen LogP) is 0.656. The summed E-state index contributed by atoms with van der Waals surface area (Å²) in [6.07, 6.45) is -1.61. The van der Waals surface area contributed by atoms with Crippen LogP contribution in [0, 0.1) is 35.3 Å². The molecule has 0 aliphatic rings. The molecule has 10 N–H and O–H groups in total. The Hall–Kier alpha value is -7.60. The molecule has 1 heterocycles. The molecule has 0 unspecified atom stereocenters. The number of carboxylic acids is 2. The summed E-state index contributed by atoms with van der Waals surface area (Å²) >= 11 is 0. The molecule has 390 valence electrons. The molecule has 0 radical (unpaired) electrons. The maximum atomic E-state index is 14.4. The summed E-state index contributed by atoms with van der Waals surface area (Å²) in [6, 6.07) is -2.30. The fourth-order valence-corrected chi connectivity index (χ4v) is 7.14. The normalized spacial score (nSPS) is 13.8. The van der Waals surface area contributed by atoms with E-state index in [1.54, 1.807) is 65.8 Å². The van der Waals surface area contributed by atoms with Crippen LogP contribution in [0.15, 0.2) is 30.5 Å². The first-order valence-electron chi connectivity index (χ1n) is 22.9. The Labute approximate surface area is 409 Å². The molecule has 25 nitrogen and oxygen atoms in total. The number of benzene rings is 1. The standard InChI is InChI=1S/C46H66N10O15/c1-9-10-15-28(38(63)40(47)64)50-42(66)30(20-24(2)3)53-45(69)39(46(6,7)8)54-44(68)31(21-27-14-12-11-13-25(27)4)52-41(65)29(16-19-36(59)60)51-43(67)32(22-37(61)62)49-34(57)17-18-35(58)55-23-33(56(70)71)48-26(55)5/h11-14,23-24,28-32,39H,9-10,15-22H2,1-8H3,(H2,47,64)(H,49,57)(H,50,66)(H,51,67)(H,52,65)(H,53,69)(H,54,68)(H,59,60)(H,61,62)/t28-,29-,30-,31-,32-,39+/m0/s1. The van der Waals surface area contributed by atoms with Crippen LogP contribution in [0.5, 0.6) is 0 Å². The lowest BCUT2D eigenvalue weighted by Gasteiger charge is -2.34. The van der Waals surface area contributed by atoms with Crippen molar-refractivity contribution in [2.75, 3.05) is 0 Å². The zero-order valence-corrected chi connectivity index (χ0v) is 41.1. The van der Waals surface area contributed by atoms with Gasteiger partial charge < -0.3 is 58.0 Å². The van der Waals surface area contributed by atoms with Gasteiger partial charge in [-0.15, -0.1) is 0 Å². The summed E-state index contributed by atoms with van der Waals surface area (Å²) in [6.45, 7) is 13.3. The molecule has 0 fully saturated rings. The molecule has 1 aromatic heterocycles. The van der Waals surface area contributed by atoms with Crippen LogP contribution in [-0.2, 0) is 54.4 Å². The van der Waals surface area contributed by atoms with Gasteiger partial charge in [-0.3, -0.25) is 52.7 Å². The minimum atomic E-state index is -1.88. The van der Waals surface area contributed by atoms with Gasteiger partial charge in [-0.1, -0.05) is 78.6 Å². The number of aromatic nitrogens is 2. The SMILES string of the molecule is CCCC[C@H](NC(=O)[C@H](CC(C)C)NC(=O)[C@@H](NC(=O)[C@H](Cc1ccccc1C)NC(=O)[C@H](CCC(=O)O)NC(=O)[C@H](CC(=O)O)NC(=O)CCC(=O)n1cc([N+](=O)[O-])nc1C)C(C)(C)C)C(=O)C(N)=O. The maximum absolute atomic E-state index is 14.4. The van der Waals surface area contributed by atoms with Crippen molar-refractivity contribution in [3.8, 4) is 0 Å². The minimum absolute atomic E-state index is 0.0440. The number of hydrogen-bond acceptors (Lipinski definition) is 14. The Balaban J connectivity index is 2.46. The summed E-state index contributed by atoms with van der Waals surface area (Å²) < 4.78 is 0.846. The monoisotopic (exact) mass is 998 g/mol. The molecule has 0 spiro atoms. The second kappa shape index (κ2) is 27.6. The third kappa shape index (κ3) is 19.7. The van der Waals surface area contributed by atoms with Crippen molar-refractivity contribution in [2.45, 2.75) is 156 Å². The second-order valence-corrected chi connectivity index (χ2v) is 18.5. The molecule has 71 heavy (non-hydrogen) atoms. The molecule has 0 aliphatic carbocycles. The van der Waals surface area contributed by atoms with Gasteiger partial charge in [-0.25, -0.2) is 4.57 Å². The number of unbranched alkanes of at least 4 members (excludes halogenated alkanes) is 1. The second-order valence-electron chi connectivity index (χ2n) is 18.5. The van der Waals surface area contributed by atoms with E-state index in [4.69, 9.17) is 5.73 Å². The molecule has 2 aromatic rings. The van der Waals surface area contributed by atoms with Gasteiger partial charge in [0.05, 0.1) is 12.5 Å². The van der Waals surface area contributed by atoms with E-state index < -0.39 is 149 Å². The van der Waals surface area contributed by atoms with Crippen molar-refractivity contribution in [3.63, 3.8) is 0 Å². The number of nitrogens with two attached hydrogens (primary N) is 1. The van der Waals surface area contributed by atoms with E-state index in [1.807, 2.05) is 6.92 Å². The number of aliphatic carboxylic acids is 2. The van der Waals surface area contributed by atoms with Crippen LogP contribution in [0.1, 0.15) is 121 Å². The number of Topliss-reactive ketones (excluding diaryl/α,β-unsaturated/α-hetero) is 1. The van der Waals surface area contributed by atoms with Crippen molar-refractivity contribution in [1.29, 1.82) is 0 Å². The molecule has 25 heteroatoms. The van der Waals surface area contributed by atoms with Crippen LogP contribution in [0.25, 0.3) is 0 Å². The van der Waals surface area contributed by atoms with Crippen molar-refractivity contribution in [3.05, 3.63) is 57.5 Å². The van der Waals surface area contributed by atoms with Gasteiger partial charge in [0.15, 0.2) is 0 Å². The van der Waals surface area contributed by atoms with Gasteiger partial charge in [-0.2, -0.15) is 0 Å². The lowest BCUT2D eigenvalue weighted by Crippen LogP contribution is -2.62. The number of amides is 7. The summed E-state index contributed by atoms with van der Waals surface area (Å²) in [5, 5.41) is 45.1. The van der Waals surface area contributed by atoms with Gasteiger partial charge in [0.2, 0.25) is 53.0 Å². The molecule has 2 rings (SSSR count). The third-order valence-corrected chi connectivity index (χ3v) is 11.0. The number of ketones is 1. The van der Waals surface area contributed by atoms with E-state index in [0.717, 1.165) is 10.8 Å². The van der Waals surface area contributed by atoms with Gasteiger partial charge >= 0.3 is 17.8 Å². The van der Waals surface area contributed by atoms with E-state index >= 15 is 0 Å². The Bertz CT molecular complexity index is 2320. The lowest BCUT2D eigenvalue weighted by molar-refractivity contribution is -0.389. The molecule has 0 saturated carbocycles. The predicted molar refractivity (Wildman–Crippen MR) is 252 cm³/mol. The summed E-state index contributed by atoms with van der Waals surface area (Å²) in [4.78, 5) is 158. The number of carboxylic acid groups (broad SMARTS) is 2. The number of imidazole rings is 1. The summed E-state index contributed by atoms with van der Waals surface area (Å²) in [5.41, 5.74) is 5.41. The Kier molecular flexibility index (Phi) is 23.1. The number of aryl methyl sites for hydroxylation is 2. The number of primary amides is 1. The van der Waals surface area contributed by atoms with E-state index in [-0.39, 0.29) is 31.0 Å². The van der Waals surface area contributed by atoms with E-state index in [2.05, 4.69) is 36.9 Å². The maximum Gasteiger partial charge on any atom is 0.382 e. The van der Waals surface area contributed by atoms with Gasteiger partial charge in [0.1, 0.15) is 36.4 Å². The average molecular weight is 999 g/mol. The number of nitro groups is 1. The smallest absolute Gasteiger partial charge is 0.382 e. The first-order chi connectivity index (χ1) is 33.0. The molecular weight excluding hydrogens is 933 g/mol. The summed E-state index contributed by atoms with van der Waals surface area (Å²) in [7, 11) is 0. The molecule has 1 aromatic carbocycles. The number of carbonyl (C=O) groups is 11. The zero-order chi connectivity index (χ0) is 53.9. The number of rotatable bonds is 29. The molecule has 6 atom stereocenters. The highest BCUT2D eigenvalue weighted by atomic mass is 16.6. The average Bonchev–Trinajstić information content (AvgIpc) is 3.67. The number of nitrogens with one attached hydrogen (secondary N) is 6. The van der Waals surface area contributed by atoms with Crippen LogP contribution < -0.4 is 37.6 Å². The van der Waals surface area contributed by atoms with Crippen molar-refractivity contribution < 1.29 is 67.9 Å². The molecule has 7 amide bonds. The first-order valence-corrected chi connectivity index (χ1v) is 22.9. The van der Waals surface area contributed by atoms with Crippen LogP contribution in [0.4, 0.5) is 5.82 Å². The number of nitrogens with zero attached hydrogens (tertiary/aromatic N) is 3. The molecule has 0 saturated heterocycles. The topological polar surface area (TPSA) is 387 Å². The molecular formula is C46H66N10O15. The number of hydrogen-bond donors (Lipinski definition) is 9. The van der Waals surface area contributed by atoms with Crippen LogP contribution in [0.2, 0.25) is 0 Å². The minimum Gasteiger partial charge on any atom is -0.481 e. The Morgan fingerprint density at radius 3 is 1.83 bits per heavy atom. The highest BCUT2D eigenvalue weighted by Crippen LogP contribution is 2.22. The fraction of sp³-hybridized carbons (Fsp3) is 0.565. The fourth-order valence-electron chi connectivity index (χ4n) is 7.14. The largest absolute Gasteiger partial charge is 0.481 e. The zero-order valence-electron chi connectivity index (χ0n) is 41.1. The van der Waals surface area contributed by atoms with Gasteiger partial charge in [0, 0.05) is 32.6 Å². The van der Waals surface area contributed by atoms with Crippen LogP contribution in [0.3, 0.4) is 0 Å². The van der Waals surface area contributed by atoms with Crippen LogP contribution in [-0.4, -0.2) is 126 Å². The number of carbonyl (C=O) groups excluding carboxylic acids is 9. The van der Waals surface area contributed by atoms with Crippen molar-refractivity contribution >= 4 is 70.8 Å². The Morgan fingerprint density at radius 1 is 0.732 bits per heavy atom. The molecule has 0 bridgehead atoms. The lowest BCUT2D eigenvalue weighted by atomic mass is 9.85. The summed E-state index contributed by atoms with van der Waals surface area (Å²) in [5.74, 6) is -12.8. The quantitative estimate of drug-likeness (QED) is 0.0307.